The van der Waals surface area contributed by atoms with Crippen LogP contribution in [0.2, 0.25) is 0 Å². The minimum absolute atomic E-state index is 0.0611. The van der Waals surface area contributed by atoms with Crippen molar-refractivity contribution in [2.24, 2.45) is 0 Å². The zero-order chi connectivity index (χ0) is 20.2. The van der Waals surface area contributed by atoms with Crippen molar-refractivity contribution < 1.29 is 23.8 Å². The van der Waals surface area contributed by atoms with Crippen molar-refractivity contribution >= 4 is 11.8 Å². The van der Waals surface area contributed by atoms with Gasteiger partial charge in [-0.25, -0.2) is 0 Å². The molecule has 0 radical (unpaired) electrons. The second kappa shape index (κ2) is 11.1. The fourth-order valence-electron chi connectivity index (χ4n) is 2.13. The summed E-state index contributed by atoms with van der Waals surface area (Å²) in [6, 6.07) is 15.6. The van der Waals surface area contributed by atoms with Gasteiger partial charge in [-0.3, -0.25) is 20.4 Å². The zero-order valence-electron chi connectivity index (χ0n) is 15.4. The van der Waals surface area contributed by atoms with Crippen molar-refractivity contribution in [3.8, 4) is 23.3 Å². The molecule has 2 aromatic rings. The van der Waals surface area contributed by atoms with Crippen LogP contribution in [0, 0.1) is 11.3 Å². The Bertz CT molecular complexity index is 830. The number of rotatable bonds is 9. The Hall–Kier alpha value is -3.73. The molecule has 2 N–H and O–H groups in total. The van der Waals surface area contributed by atoms with E-state index < -0.39 is 11.8 Å². The van der Waals surface area contributed by atoms with Crippen LogP contribution in [0.4, 0.5) is 0 Å². The van der Waals surface area contributed by atoms with Crippen molar-refractivity contribution in [1.29, 1.82) is 5.26 Å². The standard InChI is InChI=1S/C20H21N3O5/c1-2-26-16-7-9-17(10-8-16)27-12-11-19(24)22-23-20(25)14-28-18-6-4-3-5-15(18)13-21/h3-10H,2,11-12,14H2,1H3,(H,22,24)(H,23,25). The summed E-state index contributed by atoms with van der Waals surface area (Å²) in [5, 5.41) is 8.96. The van der Waals surface area contributed by atoms with E-state index in [-0.39, 0.29) is 19.6 Å². The molecule has 0 saturated heterocycles. The van der Waals surface area contributed by atoms with Crippen molar-refractivity contribution in [3.05, 3.63) is 54.1 Å². The van der Waals surface area contributed by atoms with Crippen molar-refractivity contribution in [2.45, 2.75) is 13.3 Å². The third-order valence-corrected chi connectivity index (χ3v) is 3.44. The second-order valence-electron chi connectivity index (χ2n) is 5.50. The number of hydrogen-bond acceptors (Lipinski definition) is 6. The van der Waals surface area contributed by atoms with Crippen LogP contribution in [0.5, 0.6) is 17.2 Å². The van der Waals surface area contributed by atoms with E-state index in [1.165, 1.54) is 0 Å². The minimum atomic E-state index is -0.548. The van der Waals surface area contributed by atoms with Crippen LogP contribution in [0.15, 0.2) is 48.5 Å². The number of hydrogen-bond donors (Lipinski definition) is 2. The molecule has 0 saturated carbocycles. The first-order chi connectivity index (χ1) is 13.6. The largest absolute Gasteiger partial charge is 0.494 e. The Morgan fingerprint density at radius 2 is 1.57 bits per heavy atom. The van der Waals surface area contributed by atoms with Crippen molar-refractivity contribution in [2.75, 3.05) is 19.8 Å². The highest BCUT2D eigenvalue weighted by Gasteiger charge is 2.08. The van der Waals surface area contributed by atoms with Crippen LogP contribution < -0.4 is 25.1 Å². The minimum Gasteiger partial charge on any atom is -0.494 e. The average Bonchev–Trinajstić information content (AvgIpc) is 2.72. The van der Waals surface area contributed by atoms with Crippen LogP contribution in [-0.4, -0.2) is 31.6 Å². The molecule has 2 aromatic carbocycles. The molecule has 0 unspecified atom stereocenters. The van der Waals surface area contributed by atoms with Gasteiger partial charge >= 0.3 is 0 Å². The molecular formula is C20H21N3O5. The lowest BCUT2D eigenvalue weighted by molar-refractivity contribution is -0.130. The Morgan fingerprint density at radius 3 is 2.25 bits per heavy atom. The van der Waals surface area contributed by atoms with Gasteiger partial charge in [-0.2, -0.15) is 5.26 Å². The summed E-state index contributed by atoms with van der Waals surface area (Å²) >= 11 is 0. The van der Waals surface area contributed by atoms with Crippen molar-refractivity contribution in [3.63, 3.8) is 0 Å². The van der Waals surface area contributed by atoms with Gasteiger partial charge in [0, 0.05) is 0 Å². The van der Waals surface area contributed by atoms with Crippen LogP contribution in [0.3, 0.4) is 0 Å². The molecule has 0 heterocycles. The molecular weight excluding hydrogens is 362 g/mol. The van der Waals surface area contributed by atoms with Crippen LogP contribution >= 0.6 is 0 Å². The highest BCUT2D eigenvalue weighted by Crippen LogP contribution is 2.17. The van der Waals surface area contributed by atoms with E-state index in [1.54, 1.807) is 48.5 Å². The Labute approximate surface area is 163 Å². The molecule has 0 fully saturated rings. The van der Waals surface area contributed by atoms with Gasteiger partial charge in [0.1, 0.15) is 23.3 Å². The Kier molecular flexibility index (Phi) is 8.15. The van der Waals surface area contributed by atoms with E-state index in [1.807, 2.05) is 13.0 Å². The fourth-order valence-corrected chi connectivity index (χ4v) is 2.13. The molecule has 28 heavy (non-hydrogen) atoms. The molecule has 0 spiro atoms. The first kappa shape index (κ1) is 20.6. The highest BCUT2D eigenvalue weighted by atomic mass is 16.5. The predicted octanol–water partition coefficient (Wildman–Crippen LogP) is 1.95. The highest BCUT2D eigenvalue weighted by molar-refractivity contribution is 5.82. The van der Waals surface area contributed by atoms with Crippen LogP contribution in [0.1, 0.15) is 18.9 Å². The molecule has 0 atom stereocenters. The Balaban J connectivity index is 1.63. The summed E-state index contributed by atoms with van der Waals surface area (Å²) in [5.41, 5.74) is 4.84. The van der Waals surface area contributed by atoms with E-state index >= 15 is 0 Å². The maximum Gasteiger partial charge on any atom is 0.276 e. The number of hydrazine groups is 1. The number of nitrogens with zero attached hydrogens (tertiary/aromatic N) is 1. The summed E-state index contributed by atoms with van der Waals surface area (Å²) in [7, 11) is 0. The van der Waals surface area contributed by atoms with Gasteiger partial charge in [0.05, 0.1) is 25.2 Å². The van der Waals surface area contributed by atoms with E-state index in [0.717, 1.165) is 5.75 Å². The lowest BCUT2D eigenvalue weighted by Gasteiger charge is -2.10. The number of carbonyl (C=O) groups is 2. The smallest absolute Gasteiger partial charge is 0.276 e. The van der Waals surface area contributed by atoms with Gasteiger partial charge in [-0.05, 0) is 43.3 Å². The average molecular weight is 383 g/mol. The molecule has 0 aromatic heterocycles. The third kappa shape index (κ3) is 6.88. The maximum atomic E-state index is 11.7. The molecule has 0 bridgehead atoms. The summed E-state index contributed by atoms with van der Waals surface area (Å²) in [4.78, 5) is 23.5. The van der Waals surface area contributed by atoms with Gasteiger partial charge in [-0.15, -0.1) is 0 Å². The predicted molar refractivity (Wildman–Crippen MR) is 101 cm³/mol. The number of para-hydroxylation sites is 1. The van der Waals surface area contributed by atoms with E-state index in [9.17, 15) is 9.59 Å². The quantitative estimate of drug-likeness (QED) is 0.641. The second-order valence-corrected chi connectivity index (χ2v) is 5.50. The van der Waals surface area contributed by atoms with Gasteiger partial charge in [0.2, 0.25) is 5.91 Å². The molecule has 2 rings (SSSR count). The molecule has 8 heteroatoms. The molecule has 2 amide bonds. The van der Waals surface area contributed by atoms with Gasteiger partial charge in [0.15, 0.2) is 6.61 Å². The summed E-state index contributed by atoms with van der Waals surface area (Å²) < 4.78 is 16.1. The normalized spacial score (nSPS) is 9.71. The number of carbonyl (C=O) groups excluding carboxylic acids is 2. The van der Waals surface area contributed by atoms with Gasteiger partial charge in [-0.1, -0.05) is 12.1 Å². The maximum absolute atomic E-state index is 11.7. The van der Waals surface area contributed by atoms with E-state index in [0.29, 0.717) is 23.7 Å². The number of amides is 2. The van der Waals surface area contributed by atoms with Gasteiger partial charge in [0.25, 0.3) is 5.91 Å². The summed E-state index contributed by atoms with van der Waals surface area (Å²) in [5.74, 6) is 0.709. The number of nitrogens with one attached hydrogen (secondary N) is 2. The van der Waals surface area contributed by atoms with E-state index in [2.05, 4.69) is 10.9 Å². The first-order valence-electron chi connectivity index (χ1n) is 8.67. The molecule has 0 aliphatic rings. The molecule has 0 aliphatic carbocycles. The van der Waals surface area contributed by atoms with Crippen LogP contribution in [-0.2, 0) is 9.59 Å². The number of nitriles is 1. The zero-order valence-corrected chi connectivity index (χ0v) is 15.4. The summed E-state index contributed by atoms with van der Waals surface area (Å²) in [6.45, 7) is 2.31. The Morgan fingerprint density at radius 1 is 0.929 bits per heavy atom. The van der Waals surface area contributed by atoms with Crippen molar-refractivity contribution in [1.82, 2.24) is 10.9 Å². The third-order valence-electron chi connectivity index (χ3n) is 3.44. The topological polar surface area (TPSA) is 110 Å². The number of benzene rings is 2. The fraction of sp³-hybridized carbons (Fsp3) is 0.250. The molecule has 146 valence electrons. The molecule has 8 nitrogen and oxygen atoms in total. The first-order valence-corrected chi connectivity index (χ1v) is 8.67. The monoisotopic (exact) mass is 383 g/mol. The molecule has 0 aliphatic heterocycles. The lowest BCUT2D eigenvalue weighted by Crippen LogP contribution is -2.44. The SMILES string of the molecule is CCOc1ccc(OCCC(=O)NNC(=O)COc2ccccc2C#N)cc1. The van der Waals surface area contributed by atoms with Crippen LogP contribution in [0.25, 0.3) is 0 Å². The lowest BCUT2D eigenvalue weighted by atomic mass is 10.2. The van der Waals surface area contributed by atoms with E-state index in [4.69, 9.17) is 19.5 Å². The van der Waals surface area contributed by atoms with Gasteiger partial charge < -0.3 is 14.2 Å². The number of ether oxygens (including phenoxy) is 3. The summed E-state index contributed by atoms with van der Waals surface area (Å²) in [6.07, 6.45) is 0.0611.